The third-order valence-corrected chi connectivity index (χ3v) is 3.59. The molecule has 2 atom stereocenters. The number of benzene rings is 1. The molecule has 1 aromatic heterocycles. The number of rotatable bonds is 4. The molecule has 0 aliphatic carbocycles. The summed E-state index contributed by atoms with van der Waals surface area (Å²) in [4.78, 5) is 0. The van der Waals surface area contributed by atoms with Gasteiger partial charge < -0.3 is 10.2 Å². The number of nitrogens with two attached hydrogens (primary N) is 1. The summed E-state index contributed by atoms with van der Waals surface area (Å²) in [5.74, 6) is 0.263. The van der Waals surface area contributed by atoms with Gasteiger partial charge >= 0.3 is 0 Å². The first-order chi connectivity index (χ1) is 8.56. The average molecular weight is 267 g/mol. The second-order valence-electron chi connectivity index (χ2n) is 3.99. The van der Waals surface area contributed by atoms with E-state index in [1.807, 2.05) is 6.92 Å². The first kappa shape index (κ1) is 13.0. The summed E-state index contributed by atoms with van der Waals surface area (Å²) in [5.41, 5.74) is 6.99. The van der Waals surface area contributed by atoms with Gasteiger partial charge in [0.05, 0.1) is 0 Å². The number of thioether (sulfide) groups is 1. The third kappa shape index (κ3) is 3.08. The number of halogens is 1. The highest BCUT2D eigenvalue weighted by Gasteiger charge is 2.18. The van der Waals surface area contributed by atoms with Crippen LogP contribution in [0, 0.1) is 12.7 Å². The molecule has 6 heteroatoms. The number of aryl methyl sites for hydroxylation is 1. The first-order valence-corrected chi connectivity index (χ1v) is 6.42. The molecule has 4 nitrogen and oxygen atoms in total. The van der Waals surface area contributed by atoms with Crippen molar-refractivity contribution in [2.45, 2.75) is 30.4 Å². The maximum Gasteiger partial charge on any atom is 0.276 e. The summed E-state index contributed by atoms with van der Waals surface area (Å²) >= 11 is 1.41. The highest BCUT2D eigenvalue weighted by atomic mass is 32.2. The Labute approximate surface area is 109 Å². The van der Waals surface area contributed by atoms with E-state index in [0.717, 1.165) is 5.56 Å². The lowest BCUT2D eigenvalue weighted by molar-refractivity contribution is 0.428. The largest absolute Gasteiger partial charge is 0.416 e. The smallest absolute Gasteiger partial charge is 0.276 e. The van der Waals surface area contributed by atoms with Crippen molar-refractivity contribution in [2.24, 2.45) is 5.73 Å². The van der Waals surface area contributed by atoms with E-state index < -0.39 is 0 Å². The van der Waals surface area contributed by atoms with E-state index in [-0.39, 0.29) is 17.1 Å². The van der Waals surface area contributed by atoms with Gasteiger partial charge in [-0.15, -0.1) is 10.2 Å². The Morgan fingerprint density at radius 2 is 1.94 bits per heavy atom. The molecule has 0 spiro atoms. The Kier molecular flexibility index (Phi) is 3.98. The first-order valence-electron chi connectivity index (χ1n) is 5.54. The molecule has 2 rings (SSSR count). The van der Waals surface area contributed by atoms with E-state index in [0.29, 0.717) is 11.1 Å². The van der Waals surface area contributed by atoms with Gasteiger partial charge in [-0.25, -0.2) is 4.39 Å². The molecule has 0 bridgehead atoms. The predicted octanol–water partition coefficient (Wildman–Crippen LogP) is 2.70. The molecule has 2 aromatic rings. The minimum Gasteiger partial charge on any atom is -0.416 e. The minimum absolute atomic E-state index is 0.0512. The lowest BCUT2D eigenvalue weighted by atomic mass is 10.1. The lowest BCUT2D eigenvalue weighted by Crippen LogP contribution is -2.21. The quantitative estimate of drug-likeness (QED) is 0.863. The van der Waals surface area contributed by atoms with E-state index in [4.69, 9.17) is 10.2 Å². The van der Waals surface area contributed by atoms with Crippen molar-refractivity contribution in [3.63, 3.8) is 0 Å². The van der Waals surface area contributed by atoms with Crippen LogP contribution >= 0.6 is 11.8 Å². The fourth-order valence-electron chi connectivity index (χ4n) is 1.51. The Bertz CT molecular complexity index is 514. The molecule has 96 valence electrons. The summed E-state index contributed by atoms with van der Waals surface area (Å²) < 4.78 is 18.1. The molecule has 2 unspecified atom stereocenters. The highest BCUT2D eigenvalue weighted by Crippen LogP contribution is 2.29. The number of hydrogen-bond donors (Lipinski definition) is 1. The van der Waals surface area contributed by atoms with Gasteiger partial charge in [0.1, 0.15) is 5.82 Å². The van der Waals surface area contributed by atoms with E-state index in [9.17, 15) is 4.39 Å². The summed E-state index contributed by atoms with van der Waals surface area (Å²) in [5, 5.41) is 8.21. The molecule has 0 radical (unpaired) electrons. The van der Waals surface area contributed by atoms with E-state index in [2.05, 4.69) is 10.2 Å². The van der Waals surface area contributed by atoms with Crippen molar-refractivity contribution >= 4 is 11.8 Å². The van der Waals surface area contributed by atoms with E-state index in [1.165, 1.54) is 23.9 Å². The van der Waals surface area contributed by atoms with Crippen molar-refractivity contribution in [3.05, 3.63) is 41.5 Å². The Morgan fingerprint density at radius 1 is 1.28 bits per heavy atom. The standard InChI is InChI=1S/C12H14FN3OS/c1-7(18-12-16-15-8(2)17-12)11(14)9-3-5-10(13)6-4-9/h3-7,11H,14H2,1-2H3. The lowest BCUT2D eigenvalue weighted by Gasteiger charge is -2.18. The summed E-state index contributed by atoms with van der Waals surface area (Å²) in [7, 11) is 0. The summed E-state index contributed by atoms with van der Waals surface area (Å²) in [6.07, 6.45) is 0. The fraction of sp³-hybridized carbons (Fsp3) is 0.333. The summed E-state index contributed by atoms with van der Waals surface area (Å²) in [6, 6.07) is 5.97. The zero-order valence-electron chi connectivity index (χ0n) is 10.1. The van der Waals surface area contributed by atoms with Gasteiger partial charge in [0.25, 0.3) is 5.22 Å². The second-order valence-corrected chi connectivity index (χ2v) is 5.32. The molecule has 1 aromatic carbocycles. The van der Waals surface area contributed by atoms with E-state index in [1.54, 1.807) is 19.1 Å². The number of hydrogen-bond acceptors (Lipinski definition) is 5. The SMILES string of the molecule is Cc1nnc(SC(C)C(N)c2ccc(F)cc2)o1. The van der Waals surface area contributed by atoms with Gasteiger partial charge in [-0.1, -0.05) is 30.8 Å². The third-order valence-electron chi connectivity index (χ3n) is 2.55. The predicted molar refractivity (Wildman–Crippen MR) is 67.7 cm³/mol. The minimum atomic E-state index is -0.265. The zero-order valence-corrected chi connectivity index (χ0v) is 10.9. The van der Waals surface area contributed by atoms with Gasteiger partial charge in [-0.3, -0.25) is 0 Å². The van der Waals surface area contributed by atoms with Crippen LogP contribution in [-0.2, 0) is 0 Å². The van der Waals surface area contributed by atoms with Crippen LogP contribution < -0.4 is 5.73 Å². The number of aromatic nitrogens is 2. The topological polar surface area (TPSA) is 64.9 Å². The average Bonchev–Trinajstić information content (AvgIpc) is 2.75. The van der Waals surface area contributed by atoms with Gasteiger partial charge in [-0.2, -0.15) is 0 Å². The molecule has 1 heterocycles. The maximum absolute atomic E-state index is 12.8. The molecule has 0 saturated heterocycles. The van der Waals surface area contributed by atoms with Crippen LogP contribution in [0.15, 0.2) is 33.9 Å². The molecular formula is C12H14FN3OS. The Morgan fingerprint density at radius 3 is 2.50 bits per heavy atom. The number of nitrogens with zero attached hydrogens (tertiary/aromatic N) is 2. The molecule has 18 heavy (non-hydrogen) atoms. The van der Waals surface area contributed by atoms with Gasteiger partial charge in [0, 0.05) is 18.2 Å². The molecule has 2 N–H and O–H groups in total. The van der Waals surface area contributed by atoms with Gasteiger partial charge in [0.15, 0.2) is 0 Å². The molecular weight excluding hydrogens is 253 g/mol. The molecule has 0 aliphatic rings. The van der Waals surface area contributed by atoms with Crippen LogP contribution in [0.5, 0.6) is 0 Å². The Hall–Kier alpha value is -1.40. The molecule has 0 saturated carbocycles. The van der Waals surface area contributed by atoms with Crippen molar-refractivity contribution in [2.75, 3.05) is 0 Å². The van der Waals surface area contributed by atoms with Gasteiger partial charge in [-0.05, 0) is 17.7 Å². The van der Waals surface area contributed by atoms with Crippen LogP contribution in [-0.4, -0.2) is 15.4 Å². The van der Waals surface area contributed by atoms with Crippen LogP contribution in [0.1, 0.15) is 24.4 Å². The van der Waals surface area contributed by atoms with Crippen LogP contribution in [0.2, 0.25) is 0 Å². The normalized spacial score (nSPS) is 14.4. The second kappa shape index (κ2) is 5.49. The van der Waals surface area contributed by atoms with Crippen molar-refractivity contribution < 1.29 is 8.81 Å². The maximum atomic E-state index is 12.8. The van der Waals surface area contributed by atoms with Crippen molar-refractivity contribution in [1.82, 2.24) is 10.2 Å². The van der Waals surface area contributed by atoms with Crippen molar-refractivity contribution in [3.8, 4) is 0 Å². The monoisotopic (exact) mass is 267 g/mol. The van der Waals surface area contributed by atoms with Gasteiger partial charge in [0.2, 0.25) is 5.89 Å². The molecule has 0 amide bonds. The van der Waals surface area contributed by atoms with E-state index >= 15 is 0 Å². The van der Waals surface area contributed by atoms with Crippen LogP contribution in [0.3, 0.4) is 0 Å². The Balaban J connectivity index is 2.04. The van der Waals surface area contributed by atoms with Crippen LogP contribution in [0.25, 0.3) is 0 Å². The molecule has 0 fully saturated rings. The summed E-state index contributed by atoms with van der Waals surface area (Å²) in [6.45, 7) is 3.71. The molecule has 0 aliphatic heterocycles. The highest BCUT2D eigenvalue weighted by molar-refractivity contribution is 7.99. The zero-order chi connectivity index (χ0) is 13.1. The van der Waals surface area contributed by atoms with Crippen LogP contribution in [0.4, 0.5) is 4.39 Å². The van der Waals surface area contributed by atoms with Crippen molar-refractivity contribution in [1.29, 1.82) is 0 Å². The fourth-order valence-corrected chi connectivity index (χ4v) is 2.39.